The molecule has 1 aromatic carbocycles. The van der Waals surface area contributed by atoms with Crippen LogP contribution in [0.3, 0.4) is 0 Å². The first-order chi connectivity index (χ1) is 9.60. The molecule has 0 spiro atoms. The average Bonchev–Trinajstić information content (AvgIpc) is 2.90. The normalized spacial score (nSPS) is 22.9. The van der Waals surface area contributed by atoms with Crippen molar-refractivity contribution in [3.63, 3.8) is 0 Å². The number of nitrogen functional groups attached to an aromatic ring is 1. The molecule has 2 aromatic rings. The second-order valence-corrected chi connectivity index (χ2v) is 5.50. The highest BCUT2D eigenvalue weighted by molar-refractivity contribution is 5.73. The maximum Gasteiger partial charge on any atom is 0.260 e. The molecule has 0 bridgehead atoms. The Balaban J connectivity index is 1.98. The van der Waals surface area contributed by atoms with Crippen LogP contribution in [0.4, 0.5) is 5.69 Å². The summed E-state index contributed by atoms with van der Waals surface area (Å²) in [7, 11) is 0. The molecule has 0 aliphatic carbocycles. The molecular weight excluding hydrogens is 254 g/mol. The molecule has 2 heterocycles. The molecule has 1 atom stereocenters. The second kappa shape index (κ2) is 4.90. The van der Waals surface area contributed by atoms with Gasteiger partial charge in [-0.3, -0.25) is 0 Å². The van der Waals surface area contributed by atoms with E-state index in [9.17, 15) is 0 Å². The first-order valence-corrected chi connectivity index (χ1v) is 6.94. The first-order valence-electron chi connectivity index (χ1n) is 6.94. The summed E-state index contributed by atoms with van der Waals surface area (Å²) in [4.78, 5) is 4.51. The molecule has 5 nitrogen and oxygen atoms in total. The number of ether oxygens (including phenoxy) is 1. The molecule has 0 radical (unpaired) electrons. The lowest BCUT2D eigenvalue weighted by Crippen LogP contribution is -2.31. The first kappa shape index (κ1) is 13.1. The van der Waals surface area contributed by atoms with E-state index in [1.54, 1.807) is 0 Å². The maximum absolute atomic E-state index is 6.02. The maximum atomic E-state index is 6.02. The Morgan fingerprint density at radius 2 is 2.15 bits per heavy atom. The van der Waals surface area contributed by atoms with Gasteiger partial charge in [0.1, 0.15) is 5.60 Å². The molecule has 1 aromatic heterocycles. The van der Waals surface area contributed by atoms with Crippen molar-refractivity contribution in [3.05, 3.63) is 29.6 Å². The van der Waals surface area contributed by atoms with Crippen molar-refractivity contribution in [3.8, 4) is 11.5 Å². The summed E-state index contributed by atoms with van der Waals surface area (Å²) < 4.78 is 11.3. The fraction of sp³-hybridized carbons (Fsp3) is 0.467. The summed E-state index contributed by atoms with van der Waals surface area (Å²) >= 11 is 0. The van der Waals surface area contributed by atoms with Crippen LogP contribution in [0.5, 0.6) is 0 Å². The highest BCUT2D eigenvalue weighted by Gasteiger charge is 2.35. The zero-order valence-corrected chi connectivity index (χ0v) is 11.8. The van der Waals surface area contributed by atoms with Crippen molar-refractivity contribution >= 4 is 5.69 Å². The molecule has 1 fully saturated rings. The molecular formula is C15H19N3O2. The van der Waals surface area contributed by atoms with Gasteiger partial charge in [-0.05, 0) is 44.7 Å². The predicted molar refractivity (Wildman–Crippen MR) is 76.0 cm³/mol. The van der Waals surface area contributed by atoms with Gasteiger partial charge in [0.05, 0.1) is 5.56 Å². The Kier molecular flexibility index (Phi) is 3.22. The molecule has 1 unspecified atom stereocenters. The van der Waals surface area contributed by atoms with Gasteiger partial charge in [0.25, 0.3) is 5.89 Å². The number of nitrogens with two attached hydrogens (primary N) is 1. The van der Waals surface area contributed by atoms with E-state index in [-0.39, 0.29) is 0 Å². The van der Waals surface area contributed by atoms with Crippen LogP contribution < -0.4 is 5.73 Å². The smallest absolute Gasteiger partial charge is 0.260 e. The molecule has 20 heavy (non-hydrogen) atoms. The van der Waals surface area contributed by atoms with Crippen molar-refractivity contribution in [1.29, 1.82) is 0 Å². The lowest BCUT2D eigenvalue weighted by Gasteiger charge is -2.30. The third-order valence-corrected chi connectivity index (χ3v) is 3.89. The Labute approximate surface area is 118 Å². The van der Waals surface area contributed by atoms with Crippen LogP contribution in [-0.4, -0.2) is 16.7 Å². The third-order valence-electron chi connectivity index (χ3n) is 3.89. The molecule has 0 amide bonds. The number of anilines is 1. The number of hydrogen-bond acceptors (Lipinski definition) is 5. The molecule has 106 valence electrons. The average molecular weight is 273 g/mol. The van der Waals surface area contributed by atoms with E-state index < -0.39 is 5.60 Å². The van der Waals surface area contributed by atoms with Gasteiger partial charge in [-0.1, -0.05) is 17.3 Å². The summed E-state index contributed by atoms with van der Waals surface area (Å²) in [5.41, 5.74) is 8.05. The molecule has 3 rings (SSSR count). The summed E-state index contributed by atoms with van der Waals surface area (Å²) in [5.74, 6) is 1.07. The number of benzene rings is 1. The highest BCUT2D eigenvalue weighted by atomic mass is 16.5. The monoisotopic (exact) mass is 273 g/mol. The molecule has 1 saturated heterocycles. The minimum atomic E-state index is -0.447. The molecule has 0 saturated carbocycles. The predicted octanol–water partition coefficient (Wildman–Crippen LogP) is 3.04. The van der Waals surface area contributed by atoms with Crippen molar-refractivity contribution in [1.82, 2.24) is 10.1 Å². The third kappa shape index (κ3) is 2.18. The van der Waals surface area contributed by atoms with Crippen LogP contribution in [0.15, 0.2) is 22.7 Å². The van der Waals surface area contributed by atoms with Crippen LogP contribution in [0, 0.1) is 6.92 Å². The van der Waals surface area contributed by atoms with Gasteiger partial charge in [0.2, 0.25) is 5.82 Å². The quantitative estimate of drug-likeness (QED) is 0.851. The molecule has 5 heteroatoms. The van der Waals surface area contributed by atoms with Crippen LogP contribution >= 0.6 is 0 Å². The van der Waals surface area contributed by atoms with Gasteiger partial charge in [-0.25, -0.2) is 0 Å². The fourth-order valence-corrected chi connectivity index (χ4v) is 2.63. The van der Waals surface area contributed by atoms with Crippen molar-refractivity contribution in [2.24, 2.45) is 0 Å². The second-order valence-electron chi connectivity index (χ2n) is 5.50. The zero-order chi connectivity index (χ0) is 14.2. The molecule has 1 aliphatic heterocycles. The highest BCUT2D eigenvalue weighted by Crippen LogP contribution is 2.35. The van der Waals surface area contributed by atoms with E-state index in [0.717, 1.165) is 37.0 Å². The van der Waals surface area contributed by atoms with Crippen LogP contribution in [0.1, 0.15) is 37.6 Å². The largest absolute Gasteiger partial charge is 0.398 e. The van der Waals surface area contributed by atoms with E-state index in [1.165, 1.54) is 0 Å². The standard InChI is InChI=1S/C15H19N3O2/c1-10-6-5-7-11(16)12(10)13-17-14(18-20-13)15(2)8-3-4-9-19-15/h5-7H,3-4,8-9,16H2,1-2H3. The fourth-order valence-electron chi connectivity index (χ4n) is 2.63. The van der Waals surface area contributed by atoms with Crippen LogP contribution in [0.2, 0.25) is 0 Å². The summed E-state index contributed by atoms with van der Waals surface area (Å²) in [6, 6.07) is 5.73. The number of hydrogen-bond donors (Lipinski definition) is 1. The molecule has 1 aliphatic rings. The lowest BCUT2D eigenvalue weighted by molar-refractivity contribution is -0.0770. The van der Waals surface area contributed by atoms with Crippen molar-refractivity contribution in [2.75, 3.05) is 12.3 Å². The topological polar surface area (TPSA) is 74.2 Å². The van der Waals surface area contributed by atoms with E-state index in [1.807, 2.05) is 32.0 Å². The van der Waals surface area contributed by atoms with Gasteiger partial charge in [0, 0.05) is 12.3 Å². The van der Waals surface area contributed by atoms with Crippen LogP contribution in [0.25, 0.3) is 11.5 Å². The summed E-state index contributed by atoms with van der Waals surface area (Å²) in [6.45, 7) is 4.74. The van der Waals surface area contributed by atoms with Gasteiger partial charge in [-0.2, -0.15) is 4.98 Å². The Hall–Kier alpha value is -1.88. The zero-order valence-electron chi connectivity index (χ0n) is 11.8. The summed E-state index contributed by atoms with van der Waals surface area (Å²) in [5, 5.41) is 4.10. The number of nitrogens with zero attached hydrogens (tertiary/aromatic N) is 2. The van der Waals surface area contributed by atoms with Gasteiger partial charge in [0.15, 0.2) is 0 Å². The molecule has 2 N–H and O–H groups in total. The Morgan fingerprint density at radius 3 is 2.85 bits per heavy atom. The Morgan fingerprint density at radius 1 is 1.30 bits per heavy atom. The number of aromatic nitrogens is 2. The van der Waals surface area contributed by atoms with E-state index in [0.29, 0.717) is 17.4 Å². The SMILES string of the molecule is Cc1cccc(N)c1-c1nc(C2(C)CCCCO2)no1. The summed E-state index contributed by atoms with van der Waals surface area (Å²) in [6.07, 6.45) is 3.12. The van der Waals surface area contributed by atoms with Gasteiger partial charge < -0.3 is 15.0 Å². The van der Waals surface area contributed by atoms with Crippen molar-refractivity contribution in [2.45, 2.75) is 38.7 Å². The van der Waals surface area contributed by atoms with Gasteiger partial charge in [-0.15, -0.1) is 0 Å². The number of rotatable bonds is 2. The van der Waals surface area contributed by atoms with Gasteiger partial charge >= 0.3 is 0 Å². The van der Waals surface area contributed by atoms with Crippen molar-refractivity contribution < 1.29 is 9.26 Å². The minimum Gasteiger partial charge on any atom is -0.398 e. The minimum absolute atomic E-state index is 0.447. The van der Waals surface area contributed by atoms with Crippen LogP contribution in [-0.2, 0) is 10.3 Å². The van der Waals surface area contributed by atoms with E-state index in [4.69, 9.17) is 15.0 Å². The lowest BCUT2D eigenvalue weighted by atomic mass is 9.95. The van der Waals surface area contributed by atoms with E-state index >= 15 is 0 Å². The number of aryl methyl sites for hydroxylation is 1. The van der Waals surface area contributed by atoms with E-state index in [2.05, 4.69) is 10.1 Å². The Bertz CT molecular complexity index is 595.